The molecule has 0 aromatic heterocycles. The number of epoxide rings is 1. The molecule has 0 N–H and O–H groups in total. The molecule has 0 aromatic carbocycles. The summed E-state index contributed by atoms with van der Waals surface area (Å²) in [5.41, 5.74) is -1.06. The Balaban J connectivity index is 2.34. The van der Waals surface area contributed by atoms with Crippen molar-refractivity contribution in [3.63, 3.8) is 0 Å². The highest BCUT2D eigenvalue weighted by molar-refractivity contribution is 5.84. The van der Waals surface area contributed by atoms with Crippen molar-refractivity contribution in [2.75, 3.05) is 6.61 Å². The van der Waals surface area contributed by atoms with E-state index >= 15 is 0 Å². The van der Waals surface area contributed by atoms with Crippen LogP contribution in [0, 0.1) is 0 Å². The first-order valence-corrected chi connectivity index (χ1v) is 4.81. The third-order valence-corrected chi connectivity index (χ3v) is 2.69. The maximum absolute atomic E-state index is 11.5. The molecule has 0 amide bonds. The molecule has 0 saturated carbocycles. The van der Waals surface area contributed by atoms with Gasteiger partial charge in [-0.05, 0) is 27.2 Å². The van der Waals surface area contributed by atoms with Crippen molar-refractivity contribution in [3.05, 3.63) is 0 Å². The third kappa shape index (κ3) is 1.85. The van der Waals surface area contributed by atoms with Crippen molar-refractivity contribution in [2.45, 2.75) is 51.7 Å². The molecule has 3 nitrogen and oxygen atoms in total. The van der Waals surface area contributed by atoms with Gasteiger partial charge in [0, 0.05) is 0 Å². The average molecular weight is 186 g/mol. The molecule has 76 valence electrons. The molecular weight excluding hydrogens is 168 g/mol. The van der Waals surface area contributed by atoms with E-state index in [2.05, 4.69) is 6.92 Å². The number of carbonyl (C=O) groups is 1. The second kappa shape index (κ2) is 3.29. The van der Waals surface area contributed by atoms with E-state index in [1.54, 1.807) is 6.92 Å². The van der Waals surface area contributed by atoms with Crippen LogP contribution in [0.5, 0.6) is 0 Å². The minimum atomic E-state index is -0.708. The number of unbranched alkanes of at least 4 members (excludes halogenated alkanes) is 1. The molecule has 1 unspecified atom stereocenters. The van der Waals surface area contributed by atoms with E-state index < -0.39 is 5.60 Å². The van der Waals surface area contributed by atoms with Crippen LogP contribution in [0.25, 0.3) is 0 Å². The van der Waals surface area contributed by atoms with E-state index in [-0.39, 0.29) is 11.6 Å². The second-order valence-corrected chi connectivity index (χ2v) is 4.14. The smallest absolute Gasteiger partial charge is 0.341 e. The molecule has 1 rings (SSSR count). The van der Waals surface area contributed by atoms with Gasteiger partial charge in [-0.3, -0.25) is 0 Å². The first kappa shape index (κ1) is 10.5. The van der Waals surface area contributed by atoms with E-state index in [4.69, 9.17) is 9.47 Å². The normalized spacial score (nSPS) is 29.8. The molecule has 3 heteroatoms. The summed E-state index contributed by atoms with van der Waals surface area (Å²) in [6, 6.07) is 0. The van der Waals surface area contributed by atoms with Gasteiger partial charge < -0.3 is 9.47 Å². The highest BCUT2D eigenvalue weighted by Crippen LogP contribution is 2.47. The highest BCUT2D eigenvalue weighted by Gasteiger charge is 2.66. The Bertz CT molecular complexity index is 210. The molecule has 1 saturated heterocycles. The van der Waals surface area contributed by atoms with Gasteiger partial charge in [0.2, 0.25) is 0 Å². The van der Waals surface area contributed by atoms with Crippen LogP contribution >= 0.6 is 0 Å². The van der Waals surface area contributed by atoms with Crippen LogP contribution in [0.1, 0.15) is 40.5 Å². The van der Waals surface area contributed by atoms with Crippen LogP contribution in [0.15, 0.2) is 0 Å². The highest BCUT2D eigenvalue weighted by atomic mass is 16.7. The van der Waals surface area contributed by atoms with Gasteiger partial charge in [-0.25, -0.2) is 4.79 Å². The monoisotopic (exact) mass is 186 g/mol. The summed E-state index contributed by atoms with van der Waals surface area (Å²) in [5, 5.41) is 0. The molecule has 1 fully saturated rings. The Morgan fingerprint density at radius 2 is 1.92 bits per heavy atom. The molecular formula is C10H18O3. The van der Waals surface area contributed by atoms with Gasteiger partial charge in [-0.2, -0.15) is 0 Å². The zero-order valence-electron chi connectivity index (χ0n) is 8.85. The third-order valence-electron chi connectivity index (χ3n) is 2.69. The van der Waals surface area contributed by atoms with Crippen molar-refractivity contribution >= 4 is 5.97 Å². The lowest BCUT2D eigenvalue weighted by Gasteiger charge is -2.08. The Hall–Kier alpha value is -0.570. The molecule has 1 aliphatic rings. The minimum absolute atomic E-state index is 0.231. The molecule has 0 aliphatic carbocycles. The summed E-state index contributed by atoms with van der Waals surface area (Å²) in [6.45, 7) is 8.14. The summed E-state index contributed by atoms with van der Waals surface area (Å²) >= 11 is 0. The van der Waals surface area contributed by atoms with Crippen molar-refractivity contribution < 1.29 is 14.3 Å². The lowest BCUT2D eigenvalue weighted by atomic mass is 9.99. The fourth-order valence-electron chi connectivity index (χ4n) is 1.22. The molecule has 0 bridgehead atoms. The van der Waals surface area contributed by atoms with Crippen LogP contribution in [0.2, 0.25) is 0 Å². The Morgan fingerprint density at radius 1 is 1.38 bits per heavy atom. The van der Waals surface area contributed by atoms with Gasteiger partial charge in [-0.1, -0.05) is 13.3 Å². The zero-order chi connectivity index (χ0) is 10.1. The van der Waals surface area contributed by atoms with Gasteiger partial charge in [0.25, 0.3) is 0 Å². The van der Waals surface area contributed by atoms with Crippen LogP contribution in [0.3, 0.4) is 0 Å². The largest absolute Gasteiger partial charge is 0.463 e. The first-order chi connectivity index (χ1) is 5.94. The summed E-state index contributed by atoms with van der Waals surface area (Å²) in [5.74, 6) is -0.231. The standard InChI is InChI=1S/C10H18O3/c1-5-6-7-12-8(11)10(4)9(2,3)13-10/h5-7H2,1-4H3. The Morgan fingerprint density at radius 3 is 2.31 bits per heavy atom. The summed E-state index contributed by atoms with van der Waals surface area (Å²) < 4.78 is 10.4. The fourth-order valence-corrected chi connectivity index (χ4v) is 1.22. The average Bonchev–Trinajstić information content (AvgIpc) is 2.53. The lowest BCUT2D eigenvalue weighted by Crippen LogP contribution is -2.30. The first-order valence-electron chi connectivity index (χ1n) is 4.81. The zero-order valence-corrected chi connectivity index (χ0v) is 8.85. The molecule has 0 spiro atoms. The van der Waals surface area contributed by atoms with Gasteiger partial charge in [0.1, 0.15) is 5.60 Å². The molecule has 0 radical (unpaired) electrons. The van der Waals surface area contributed by atoms with Gasteiger partial charge in [0.15, 0.2) is 5.60 Å². The topological polar surface area (TPSA) is 38.8 Å². The van der Waals surface area contributed by atoms with E-state index in [0.29, 0.717) is 6.61 Å². The van der Waals surface area contributed by atoms with Crippen molar-refractivity contribution in [1.29, 1.82) is 0 Å². The molecule has 0 aromatic rings. The van der Waals surface area contributed by atoms with Gasteiger partial charge in [-0.15, -0.1) is 0 Å². The molecule has 1 atom stereocenters. The maximum Gasteiger partial charge on any atom is 0.341 e. The number of rotatable bonds is 4. The van der Waals surface area contributed by atoms with E-state index in [1.807, 2.05) is 13.8 Å². The van der Waals surface area contributed by atoms with Gasteiger partial charge >= 0.3 is 5.97 Å². The SMILES string of the molecule is CCCCOC(=O)C1(C)OC1(C)C. The van der Waals surface area contributed by atoms with E-state index in [9.17, 15) is 4.79 Å². The number of carbonyl (C=O) groups excluding carboxylic acids is 1. The number of hydrogen-bond donors (Lipinski definition) is 0. The van der Waals surface area contributed by atoms with Crippen LogP contribution < -0.4 is 0 Å². The summed E-state index contributed by atoms with van der Waals surface area (Å²) in [4.78, 5) is 11.5. The minimum Gasteiger partial charge on any atom is -0.463 e. The Kier molecular flexibility index (Phi) is 2.66. The fraction of sp³-hybridized carbons (Fsp3) is 0.900. The lowest BCUT2D eigenvalue weighted by molar-refractivity contribution is -0.149. The second-order valence-electron chi connectivity index (χ2n) is 4.14. The van der Waals surface area contributed by atoms with Crippen molar-refractivity contribution in [2.24, 2.45) is 0 Å². The molecule has 13 heavy (non-hydrogen) atoms. The number of esters is 1. The van der Waals surface area contributed by atoms with E-state index in [1.165, 1.54) is 0 Å². The molecule has 1 aliphatic heterocycles. The number of ether oxygens (including phenoxy) is 2. The summed E-state index contributed by atoms with van der Waals surface area (Å²) in [6.07, 6.45) is 1.95. The van der Waals surface area contributed by atoms with Crippen molar-refractivity contribution in [3.8, 4) is 0 Å². The van der Waals surface area contributed by atoms with Crippen molar-refractivity contribution in [1.82, 2.24) is 0 Å². The maximum atomic E-state index is 11.5. The van der Waals surface area contributed by atoms with Crippen LogP contribution in [-0.2, 0) is 14.3 Å². The molecule has 1 heterocycles. The van der Waals surface area contributed by atoms with Gasteiger partial charge in [0.05, 0.1) is 6.61 Å². The number of hydrogen-bond acceptors (Lipinski definition) is 3. The van der Waals surface area contributed by atoms with E-state index in [0.717, 1.165) is 12.8 Å². The Labute approximate surface area is 79.4 Å². The predicted octanol–water partition coefficient (Wildman–Crippen LogP) is 1.90. The van der Waals surface area contributed by atoms with Crippen LogP contribution in [-0.4, -0.2) is 23.8 Å². The van der Waals surface area contributed by atoms with Crippen LogP contribution in [0.4, 0.5) is 0 Å². The predicted molar refractivity (Wildman–Crippen MR) is 49.4 cm³/mol. The quantitative estimate of drug-likeness (QED) is 0.382. The summed E-state index contributed by atoms with van der Waals surface area (Å²) in [7, 11) is 0.